The van der Waals surface area contributed by atoms with Crippen molar-refractivity contribution in [1.82, 2.24) is 0 Å². The molecular weight excluding hydrogens is 988 g/mol. The molecule has 0 bridgehead atoms. The monoisotopic (exact) mass is 1040 g/mol. The Kier molecular flexibility index (Phi) is 34.0. The van der Waals surface area contributed by atoms with E-state index in [0.29, 0.717) is 6.42 Å². The lowest BCUT2D eigenvalue weighted by Crippen LogP contribution is -2.27. The Bertz CT molecular complexity index is 1690. The van der Waals surface area contributed by atoms with Crippen LogP contribution in [0.1, 0.15) is 66.7 Å². The second-order valence-electron chi connectivity index (χ2n) is 12.8. The highest BCUT2D eigenvalue weighted by atomic mass is 16.9. The van der Waals surface area contributed by atoms with Crippen LogP contribution in [-0.4, -0.2) is 161 Å². The maximum atomic E-state index is 11.8. The maximum Gasteiger partial charge on any atom is 0.514 e. The van der Waals surface area contributed by atoms with Gasteiger partial charge in [0, 0.05) is 0 Å². The number of hydrogen-bond donors (Lipinski definition) is 0. The summed E-state index contributed by atoms with van der Waals surface area (Å²) in [7, 11) is 0. The highest BCUT2D eigenvalue weighted by Gasteiger charge is 2.27. The van der Waals surface area contributed by atoms with Gasteiger partial charge in [-0.2, -0.15) is 0 Å². The van der Waals surface area contributed by atoms with Gasteiger partial charge >= 0.3 is 73.5 Å². The first-order valence-corrected chi connectivity index (χ1v) is 20.1. The molecule has 0 aromatic carbocycles. The minimum atomic E-state index is -1.56. The van der Waals surface area contributed by atoms with Crippen LogP contribution in [-0.2, 0) is 114 Å². The number of hydrogen-bond acceptors (Lipinski definition) is 34. The van der Waals surface area contributed by atoms with E-state index in [0.717, 1.165) is 25.7 Å². The lowest BCUT2D eigenvalue weighted by Gasteiger charge is -2.20. The zero-order chi connectivity index (χ0) is 53.3. The molecule has 1 atom stereocenters. The van der Waals surface area contributed by atoms with Gasteiger partial charge in [-0.1, -0.05) is 40.0 Å². The molecule has 0 rings (SSSR count). The van der Waals surface area contributed by atoms with Gasteiger partial charge in [-0.3, -0.25) is 4.79 Å². The first kappa shape index (κ1) is 62.6. The molecule has 0 radical (unpaired) electrons. The molecule has 0 aromatic rings. The molecule has 0 fully saturated rings. The fraction of sp³-hybridized carbons (Fsp3) is 0.676. The van der Waals surface area contributed by atoms with Gasteiger partial charge in [-0.15, -0.1) is 0 Å². The Morgan fingerprint density at radius 2 is 0.620 bits per heavy atom. The molecule has 34 heteroatoms. The standard InChI is InChI=1S/C37H52O34/c1-6-9-10-24(7-2)13-52-25(38)14-53-28(41)55-16-57-30(43)59-18-61-32(45)63-20-65-34(47)67-22-69-36(49)71-23-70-35(48)68-21-66-33(46)64-19-62-31(44)60-17-58-29(42)56-15-54-27(40)51-12-11-50-26(39)37(4,5)8-3/h24H,6-23H2,1-5H3. The Balaban J connectivity index is 3.84. The van der Waals surface area contributed by atoms with Gasteiger partial charge in [-0.25, -0.2) is 52.7 Å². The van der Waals surface area contributed by atoms with Crippen molar-refractivity contribution in [3.05, 3.63) is 0 Å². The van der Waals surface area contributed by atoms with Crippen LogP contribution >= 0.6 is 0 Å². The van der Waals surface area contributed by atoms with Crippen molar-refractivity contribution in [2.24, 2.45) is 11.3 Å². The normalized spacial score (nSPS) is 10.5. The summed E-state index contributed by atoms with van der Waals surface area (Å²) in [5.74, 6) is -1.13. The van der Waals surface area contributed by atoms with Crippen LogP contribution in [0.5, 0.6) is 0 Å². The number of ether oxygens (including phenoxy) is 22. The number of esters is 2. The van der Waals surface area contributed by atoms with Crippen LogP contribution in [0.2, 0.25) is 0 Å². The Morgan fingerprint density at radius 3 is 0.887 bits per heavy atom. The van der Waals surface area contributed by atoms with E-state index >= 15 is 0 Å². The van der Waals surface area contributed by atoms with Crippen molar-refractivity contribution >= 4 is 73.5 Å². The van der Waals surface area contributed by atoms with E-state index in [-0.39, 0.29) is 25.7 Å². The Morgan fingerprint density at radius 1 is 0.352 bits per heavy atom. The quantitative estimate of drug-likeness (QED) is 0.0386. The molecule has 71 heavy (non-hydrogen) atoms. The summed E-state index contributed by atoms with van der Waals surface area (Å²) in [5, 5.41) is 0. The van der Waals surface area contributed by atoms with Gasteiger partial charge in [0.1, 0.15) is 13.2 Å². The summed E-state index contributed by atoms with van der Waals surface area (Å²) in [6.07, 6.45) is -10.7. The molecular formula is C37H52O34. The third-order valence-corrected chi connectivity index (χ3v) is 7.49. The van der Waals surface area contributed by atoms with Gasteiger partial charge < -0.3 is 104 Å². The van der Waals surface area contributed by atoms with Crippen molar-refractivity contribution in [1.29, 1.82) is 0 Å². The topological polar surface area (TPSA) is 408 Å². The van der Waals surface area contributed by atoms with E-state index in [9.17, 15) is 57.5 Å². The van der Waals surface area contributed by atoms with Crippen LogP contribution in [0.15, 0.2) is 0 Å². The van der Waals surface area contributed by atoms with Gasteiger partial charge in [0.15, 0.2) is 6.61 Å². The maximum absolute atomic E-state index is 11.8. The average molecular weight is 1040 g/mol. The van der Waals surface area contributed by atoms with Crippen LogP contribution in [0.3, 0.4) is 0 Å². The molecule has 0 saturated carbocycles. The minimum Gasteiger partial charge on any atom is -0.463 e. The Labute approximate surface area is 400 Å². The van der Waals surface area contributed by atoms with Crippen molar-refractivity contribution in [3.8, 4) is 0 Å². The number of unbranched alkanes of at least 4 members (excludes halogenated alkanes) is 1. The first-order valence-electron chi connectivity index (χ1n) is 20.1. The fourth-order valence-electron chi connectivity index (χ4n) is 3.42. The molecule has 0 aliphatic heterocycles. The predicted octanol–water partition coefficient (Wildman–Crippen LogP) is 4.87. The molecule has 34 nitrogen and oxygen atoms in total. The third kappa shape index (κ3) is 36.4. The number of carbonyl (C=O) groups is 12. The fourth-order valence-corrected chi connectivity index (χ4v) is 3.42. The van der Waals surface area contributed by atoms with Crippen molar-refractivity contribution in [2.75, 3.05) is 87.6 Å². The second kappa shape index (κ2) is 38.6. The number of rotatable bonds is 31. The van der Waals surface area contributed by atoms with Gasteiger partial charge in [0.25, 0.3) is 0 Å². The van der Waals surface area contributed by atoms with Crippen LogP contribution in [0.25, 0.3) is 0 Å². The van der Waals surface area contributed by atoms with E-state index in [1.165, 1.54) is 0 Å². The van der Waals surface area contributed by atoms with Crippen LogP contribution in [0, 0.1) is 11.3 Å². The summed E-state index contributed by atoms with van der Waals surface area (Å²) < 4.78 is 96.8. The predicted molar refractivity (Wildman–Crippen MR) is 208 cm³/mol. The van der Waals surface area contributed by atoms with Crippen molar-refractivity contribution < 1.29 is 162 Å². The van der Waals surface area contributed by atoms with Crippen molar-refractivity contribution in [2.45, 2.75) is 66.7 Å². The molecule has 404 valence electrons. The molecule has 0 aliphatic carbocycles. The lowest BCUT2D eigenvalue weighted by atomic mass is 9.91. The summed E-state index contributed by atoms with van der Waals surface area (Å²) in [5.41, 5.74) is -0.717. The second-order valence-corrected chi connectivity index (χ2v) is 12.8. The van der Waals surface area contributed by atoms with Gasteiger partial charge in [0.05, 0.1) is 12.0 Å². The highest BCUT2D eigenvalue weighted by Crippen LogP contribution is 2.21. The molecule has 0 aromatic heterocycles. The molecule has 0 N–H and O–H groups in total. The average Bonchev–Trinajstić information content (AvgIpc) is 3.32. The van der Waals surface area contributed by atoms with Crippen LogP contribution < -0.4 is 0 Å². The molecule has 0 spiro atoms. The molecule has 1 unspecified atom stereocenters. The smallest absolute Gasteiger partial charge is 0.463 e. The van der Waals surface area contributed by atoms with E-state index in [1.54, 1.807) is 20.8 Å². The summed E-state index contributed by atoms with van der Waals surface area (Å²) in [6.45, 7) is -1.77. The van der Waals surface area contributed by atoms with Crippen LogP contribution in [0.4, 0.5) is 47.9 Å². The van der Waals surface area contributed by atoms with Gasteiger partial charge in [-0.05, 0) is 32.6 Å². The number of carbonyl (C=O) groups excluding carboxylic acids is 12. The first-order chi connectivity index (χ1) is 33.8. The minimum absolute atomic E-state index is 0.167. The summed E-state index contributed by atoms with van der Waals surface area (Å²) in [4.78, 5) is 138. The Hall–Kier alpha value is -8.36. The molecule has 0 heterocycles. The lowest BCUT2D eigenvalue weighted by molar-refractivity contribution is -0.155. The van der Waals surface area contributed by atoms with Crippen molar-refractivity contribution in [3.63, 3.8) is 0 Å². The summed E-state index contributed by atoms with van der Waals surface area (Å²) >= 11 is 0. The third-order valence-electron chi connectivity index (χ3n) is 7.49. The summed E-state index contributed by atoms with van der Waals surface area (Å²) in [6, 6.07) is 0. The van der Waals surface area contributed by atoms with E-state index < -0.39 is 147 Å². The zero-order valence-electron chi connectivity index (χ0n) is 38.7. The molecule has 0 aliphatic rings. The van der Waals surface area contributed by atoms with Gasteiger partial charge in [0.2, 0.25) is 61.1 Å². The van der Waals surface area contributed by atoms with E-state index in [4.69, 9.17) is 9.47 Å². The molecule has 0 saturated heterocycles. The zero-order valence-corrected chi connectivity index (χ0v) is 38.7. The van der Waals surface area contributed by atoms with E-state index in [1.807, 2.05) is 13.8 Å². The highest BCUT2D eigenvalue weighted by molar-refractivity contribution is 5.76. The largest absolute Gasteiger partial charge is 0.514 e. The molecule has 0 amide bonds. The van der Waals surface area contributed by atoms with E-state index in [2.05, 4.69) is 94.7 Å². The SMILES string of the molecule is CCCCC(CC)COC(=O)COC(=O)OCOC(=O)OCOC(=O)OCOC(=O)OCOC(=O)OCOC(=O)OCOC(=O)OCOC(=O)OCOC(=O)OCOC(=O)OCCOC(=O)C(C)(C)CC.